The van der Waals surface area contributed by atoms with E-state index in [1.807, 2.05) is 42.5 Å². The van der Waals surface area contributed by atoms with E-state index in [1.54, 1.807) is 13.2 Å². The van der Waals surface area contributed by atoms with Crippen molar-refractivity contribution in [3.8, 4) is 5.75 Å². The van der Waals surface area contributed by atoms with Gasteiger partial charge in [0.1, 0.15) is 5.75 Å². The molecule has 0 spiro atoms. The highest BCUT2D eigenvalue weighted by Gasteiger charge is 2.38. The van der Waals surface area contributed by atoms with Crippen LogP contribution in [0, 0.1) is 0 Å². The van der Waals surface area contributed by atoms with Gasteiger partial charge in [0.05, 0.1) is 7.11 Å². The van der Waals surface area contributed by atoms with Gasteiger partial charge in [-0.3, -0.25) is 9.59 Å². The number of amides is 1. The summed E-state index contributed by atoms with van der Waals surface area (Å²) < 4.78 is 5.30. The van der Waals surface area contributed by atoms with Gasteiger partial charge in [-0.15, -0.1) is 0 Å². The minimum Gasteiger partial charge on any atom is -0.497 e. The Morgan fingerprint density at radius 3 is 2.63 bits per heavy atom. The van der Waals surface area contributed by atoms with E-state index in [9.17, 15) is 9.59 Å². The molecule has 138 valence electrons. The molecule has 1 aliphatic carbocycles. The zero-order chi connectivity index (χ0) is 19.0. The maximum Gasteiger partial charge on any atom is 0.225 e. The fourth-order valence-electron chi connectivity index (χ4n) is 4.11. The van der Waals surface area contributed by atoms with Crippen molar-refractivity contribution in [2.24, 2.45) is 0 Å². The highest BCUT2D eigenvalue weighted by atomic mass is 35.5. The summed E-state index contributed by atoms with van der Waals surface area (Å²) in [6, 6.07) is 15.2. The van der Waals surface area contributed by atoms with Gasteiger partial charge in [0.25, 0.3) is 0 Å². The van der Waals surface area contributed by atoms with Crippen LogP contribution >= 0.6 is 11.6 Å². The Labute approximate surface area is 163 Å². The van der Waals surface area contributed by atoms with Crippen molar-refractivity contribution in [2.75, 3.05) is 7.11 Å². The second-order valence-electron chi connectivity index (χ2n) is 7.02. The van der Waals surface area contributed by atoms with Crippen molar-refractivity contribution in [3.63, 3.8) is 0 Å². The standard InChI is InChI=1S/C22H20ClNO3/c1-27-15-6-4-5-13(9-15)14-10-19-22(20(25)11-14)17(12-21(26)24-19)16-7-2-3-8-18(16)23/h2-9,14,17H,10-12H2,1H3,(H,24,26). The first-order valence-electron chi connectivity index (χ1n) is 9.01. The molecule has 1 heterocycles. The molecule has 0 aromatic heterocycles. The molecule has 2 aromatic carbocycles. The van der Waals surface area contributed by atoms with Crippen LogP contribution in [0.4, 0.5) is 0 Å². The molecular formula is C22H20ClNO3. The molecule has 2 aliphatic rings. The van der Waals surface area contributed by atoms with E-state index in [0.717, 1.165) is 22.6 Å². The normalized spacial score (nSPS) is 22.3. The molecule has 2 unspecified atom stereocenters. The Bertz CT molecular complexity index is 950. The summed E-state index contributed by atoms with van der Waals surface area (Å²) in [4.78, 5) is 25.4. The van der Waals surface area contributed by atoms with Crippen LogP contribution in [0.1, 0.15) is 42.2 Å². The summed E-state index contributed by atoms with van der Waals surface area (Å²) in [5.74, 6) is 0.519. The SMILES string of the molecule is COc1cccc(C2CC(=O)C3=C(C2)NC(=O)CC3c2ccccc2Cl)c1. The second-order valence-corrected chi connectivity index (χ2v) is 7.43. The summed E-state index contributed by atoms with van der Waals surface area (Å²) in [5, 5.41) is 3.53. The zero-order valence-electron chi connectivity index (χ0n) is 15.0. The molecule has 0 bridgehead atoms. The number of ether oxygens (including phenoxy) is 1. The number of hydrogen-bond acceptors (Lipinski definition) is 3. The van der Waals surface area contributed by atoms with Gasteiger partial charge in [-0.05, 0) is 41.7 Å². The van der Waals surface area contributed by atoms with Gasteiger partial charge in [-0.25, -0.2) is 0 Å². The Balaban J connectivity index is 1.72. The number of halogens is 1. The van der Waals surface area contributed by atoms with E-state index in [0.29, 0.717) is 23.4 Å². The number of allylic oxidation sites excluding steroid dienone is 2. The Morgan fingerprint density at radius 1 is 1.04 bits per heavy atom. The fraction of sp³-hybridized carbons (Fsp3) is 0.273. The fourth-order valence-corrected chi connectivity index (χ4v) is 4.38. The maximum atomic E-state index is 13.1. The Kier molecular flexibility index (Phi) is 4.75. The van der Waals surface area contributed by atoms with Gasteiger partial charge in [0.2, 0.25) is 5.91 Å². The first-order chi connectivity index (χ1) is 13.1. The van der Waals surface area contributed by atoms with Crippen LogP contribution < -0.4 is 10.1 Å². The third-order valence-corrected chi connectivity index (χ3v) is 5.73. The lowest BCUT2D eigenvalue weighted by Gasteiger charge is -2.34. The largest absolute Gasteiger partial charge is 0.497 e. The summed E-state index contributed by atoms with van der Waals surface area (Å²) in [7, 11) is 1.63. The van der Waals surface area contributed by atoms with Crippen molar-refractivity contribution in [3.05, 3.63) is 76.0 Å². The molecule has 1 aliphatic heterocycles. The number of nitrogens with one attached hydrogen (secondary N) is 1. The van der Waals surface area contributed by atoms with E-state index in [1.165, 1.54) is 0 Å². The number of methoxy groups -OCH3 is 1. The number of ketones is 1. The highest BCUT2D eigenvalue weighted by Crippen LogP contribution is 2.44. The lowest BCUT2D eigenvalue weighted by atomic mass is 9.73. The van der Waals surface area contributed by atoms with Crippen LogP contribution in [0.2, 0.25) is 5.02 Å². The first-order valence-corrected chi connectivity index (χ1v) is 9.39. The van der Waals surface area contributed by atoms with Crippen molar-refractivity contribution in [1.29, 1.82) is 0 Å². The molecule has 1 amide bonds. The Morgan fingerprint density at radius 2 is 1.85 bits per heavy atom. The lowest BCUT2D eigenvalue weighted by molar-refractivity contribution is -0.122. The summed E-state index contributed by atoms with van der Waals surface area (Å²) >= 11 is 6.36. The first kappa shape index (κ1) is 17.8. The van der Waals surface area contributed by atoms with Gasteiger partial charge in [-0.2, -0.15) is 0 Å². The smallest absolute Gasteiger partial charge is 0.225 e. The minimum atomic E-state index is -0.277. The minimum absolute atomic E-state index is 0.0247. The predicted octanol–water partition coefficient (Wildman–Crippen LogP) is 4.35. The molecule has 4 nitrogen and oxygen atoms in total. The number of hydrogen-bond donors (Lipinski definition) is 1. The predicted molar refractivity (Wildman–Crippen MR) is 104 cm³/mol. The third kappa shape index (κ3) is 3.37. The van der Waals surface area contributed by atoms with E-state index < -0.39 is 0 Å². The van der Waals surface area contributed by atoms with Gasteiger partial charge >= 0.3 is 0 Å². The number of benzene rings is 2. The van der Waals surface area contributed by atoms with E-state index in [4.69, 9.17) is 16.3 Å². The molecule has 27 heavy (non-hydrogen) atoms. The quantitative estimate of drug-likeness (QED) is 0.859. The molecule has 0 fully saturated rings. The number of rotatable bonds is 3. The highest BCUT2D eigenvalue weighted by molar-refractivity contribution is 6.31. The average molecular weight is 382 g/mol. The zero-order valence-corrected chi connectivity index (χ0v) is 15.8. The summed E-state index contributed by atoms with van der Waals surface area (Å²) in [6.07, 6.45) is 1.29. The van der Waals surface area contributed by atoms with Crippen molar-refractivity contribution in [1.82, 2.24) is 5.32 Å². The van der Waals surface area contributed by atoms with Gasteiger partial charge < -0.3 is 10.1 Å². The van der Waals surface area contributed by atoms with Crippen LogP contribution in [0.5, 0.6) is 5.75 Å². The molecule has 2 aromatic rings. The topological polar surface area (TPSA) is 55.4 Å². The van der Waals surface area contributed by atoms with Crippen molar-refractivity contribution in [2.45, 2.75) is 31.1 Å². The van der Waals surface area contributed by atoms with Crippen LogP contribution in [0.3, 0.4) is 0 Å². The molecule has 0 saturated heterocycles. The van der Waals surface area contributed by atoms with E-state index in [-0.39, 0.29) is 29.9 Å². The molecule has 0 saturated carbocycles. The molecule has 1 N–H and O–H groups in total. The Hall–Kier alpha value is -2.59. The van der Waals surface area contributed by atoms with Crippen LogP contribution in [0.25, 0.3) is 0 Å². The number of Topliss-reactive ketones (excluding diaryl/α,β-unsaturated/α-hetero) is 1. The van der Waals surface area contributed by atoms with Gasteiger partial charge in [0, 0.05) is 35.1 Å². The van der Waals surface area contributed by atoms with Crippen LogP contribution in [-0.4, -0.2) is 18.8 Å². The van der Waals surface area contributed by atoms with Crippen LogP contribution in [-0.2, 0) is 9.59 Å². The average Bonchev–Trinajstić information content (AvgIpc) is 2.67. The maximum absolute atomic E-state index is 13.1. The molecule has 2 atom stereocenters. The molecule has 5 heteroatoms. The van der Waals surface area contributed by atoms with Crippen molar-refractivity contribution < 1.29 is 14.3 Å². The van der Waals surface area contributed by atoms with Crippen molar-refractivity contribution >= 4 is 23.3 Å². The number of carbonyl (C=O) groups is 2. The molecule has 4 rings (SSSR count). The van der Waals surface area contributed by atoms with E-state index in [2.05, 4.69) is 5.32 Å². The second kappa shape index (κ2) is 7.20. The molecular weight excluding hydrogens is 362 g/mol. The van der Waals surface area contributed by atoms with Crippen LogP contribution in [0.15, 0.2) is 59.8 Å². The summed E-state index contributed by atoms with van der Waals surface area (Å²) in [5.41, 5.74) is 3.33. The number of carbonyl (C=O) groups excluding carboxylic acids is 2. The molecule has 0 radical (unpaired) electrons. The van der Waals surface area contributed by atoms with Gasteiger partial charge in [0.15, 0.2) is 5.78 Å². The lowest BCUT2D eigenvalue weighted by Crippen LogP contribution is -2.38. The summed E-state index contributed by atoms with van der Waals surface area (Å²) in [6.45, 7) is 0. The third-order valence-electron chi connectivity index (χ3n) is 5.38. The van der Waals surface area contributed by atoms with E-state index >= 15 is 0 Å². The van der Waals surface area contributed by atoms with Gasteiger partial charge in [-0.1, -0.05) is 41.9 Å². The monoisotopic (exact) mass is 381 g/mol.